The maximum Gasteiger partial charge on any atom is 0.335 e. The van der Waals surface area contributed by atoms with Crippen LogP contribution in [-0.4, -0.2) is 22.8 Å². The lowest BCUT2D eigenvalue weighted by Gasteiger charge is -2.26. The molecule has 0 bridgehead atoms. The molecule has 0 aliphatic carbocycles. The Morgan fingerprint density at radius 3 is 2.43 bits per heavy atom. The molecule has 1 saturated heterocycles. The van der Waals surface area contributed by atoms with Crippen LogP contribution >= 0.6 is 23.2 Å². The van der Waals surface area contributed by atoms with Crippen molar-refractivity contribution in [3.05, 3.63) is 73.3 Å². The molecule has 0 spiro atoms. The third-order valence-corrected chi connectivity index (χ3v) is 4.72. The number of nitro groups is 1. The summed E-state index contributed by atoms with van der Waals surface area (Å²) in [5.74, 6) is -1.80. The van der Waals surface area contributed by atoms with Gasteiger partial charge in [0.2, 0.25) is 0 Å². The van der Waals surface area contributed by atoms with E-state index in [2.05, 4.69) is 5.32 Å². The molecule has 0 aromatic heterocycles. The molecule has 28 heavy (non-hydrogen) atoms. The predicted molar refractivity (Wildman–Crippen MR) is 103 cm³/mol. The number of anilines is 1. The van der Waals surface area contributed by atoms with E-state index in [1.54, 1.807) is 13.0 Å². The number of rotatable bonds is 3. The molecule has 142 valence electrons. The van der Waals surface area contributed by atoms with E-state index in [4.69, 9.17) is 23.2 Å². The molecule has 0 saturated carbocycles. The van der Waals surface area contributed by atoms with Crippen LogP contribution in [0.2, 0.25) is 10.0 Å². The molecule has 4 amide bonds. The fraction of sp³-hybridized carbons (Fsp3) is 0.0556. The number of carbonyl (C=O) groups excluding carboxylic acids is 3. The van der Waals surface area contributed by atoms with Gasteiger partial charge in [-0.25, -0.2) is 9.69 Å². The largest absolute Gasteiger partial charge is 0.335 e. The van der Waals surface area contributed by atoms with Crippen molar-refractivity contribution >= 4 is 58.5 Å². The Morgan fingerprint density at radius 1 is 1.07 bits per heavy atom. The van der Waals surface area contributed by atoms with Gasteiger partial charge in [0, 0.05) is 11.1 Å². The molecule has 8 nitrogen and oxygen atoms in total. The van der Waals surface area contributed by atoms with E-state index >= 15 is 0 Å². The molecule has 1 aliphatic rings. The van der Waals surface area contributed by atoms with E-state index in [-0.39, 0.29) is 27.5 Å². The first-order valence-corrected chi connectivity index (χ1v) is 8.56. The van der Waals surface area contributed by atoms with Crippen LogP contribution < -0.4 is 10.2 Å². The number of nitrogens with one attached hydrogen (secondary N) is 1. The number of benzene rings is 2. The van der Waals surface area contributed by atoms with Crippen molar-refractivity contribution in [1.82, 2.24) is 5.32 Å². The molecule has 2 aromatic carbocycles. The zero-order chi connectivity index (χ0) is 20.6. The first-order chi connectivity index (χ1) is 13.2. The van der Waals surface area contributed by atoms with E-state index in [1.807, 2.05) is 0 Å². The Kier molecular flexibility index (Phi) is 5.17. The number of hydrogen-bond acceptors (Lipinski definition) is 5. The third-order valence-electron chi connectivity index (χ3n) is 3.99. The van der Waals surface area contributed by atoms with Crippen LogP contribution in [0.25, 0.3) is 6.08 Å². The number of barbiturate groups is 1. The maximum atomic E-state index is 12.8. The number of imide groups is 2. The summed E-state index contributed by atoms with van der Waals surface area (Å²) in [5, 5.41) is 13.3. The highest BCUT2D eigenvalue weighted by Crippen LogP contribution is 2.29. The second-order valence-electron chi connectivity index (χ2n) is 5.86. The van der Waals surface area contributed by atoms with Gasteiger partial charge in [0.05, 0.1) is 10.6 Å². The first kappa shape index (κ1) is 19.5. The van der Waals surface area contributed by atoms with Gasteiger partial charge in [-0.05, 0) is 42.3 Å². The van der Waals surface area contributed by atoms with Gasteiger partial charge >= 0.3 is 6.03 Å². The molecule has 1 aliphatic heterocycles. The van der Waals surface area contributed by atoms with Crippen LogP contribution in [0.15, 0.2) is 42.0 Å². The highest BCUT2D eigenvalue weighted by Gasteiger charge is 2.37. The van der Waals surface area contributed by atoms with Crippen molar-refractivity contribution in [2.45, 2.75) is 6.92 Å². The van der Waals surface area contributed by atoms with Crippen molar-refractivity contribution in [1.29, 1.82) is 0 Å². The van der Waals surface area contributed by atoms with E-state index < -0.39 is 22.8 Å². The van der Waals surface area contributed by atoms with Crippen LogP contribution in [0.1, 0.15) is 11.1 Å². The summed E-state index contributed by atoms with van der Waals surface area (Å²) < 4.78 is 0. The molecular formula is C18H11Cl2N3O5. The molecule has 10 heteroatoms. The smallest absolute Gasteiger partial charge is 0.273 e. The fourth-order valence-electron chi connectivity index (χ4n) is 2.54. The van der Waals surface area contributed by atoms with Crippen LogP contribution in [0.5, 0.6) is 0 Å². The summed E-state index contributed by atoms with van der Waals surface area (Å²) in [7, 11) is 0. The molecule has 1 N–H and O–H groups in total. The second kappa shape index (κ2) is 7.41. The molecule has 2 aromatic rings. The molecular weight excluding hydrogens is 409 g/mol. The van der Waals surface area contributed by atoms with Crippen molar-refractivity contribution in [2.75, 3.05) is 4.90 Å². The Bertz CT molecular complexity index is 1080. The van der Waals surface area contributed by atoms with Crippen molar-refractivity contribution in [2.24, 2.45) is 0 Å². The average molecular weight is 420 g/mol. The predicted octanol–water partition coefficient (Wildman–Crippen LogP) is 3.88. The highest BCUT2D eigenvalue weighted by atomic mass is 35.5. The Labute approximate surface area is 168 Å². The Morgan fingerprint density at radius 2 is 1.79 bits per heavy atom. The zero-order valence-electron chi connectivity index (χ0n) is 14.2. The van der Waals surface area contributed by atoms with Gasteiger partial charge in [0.25, 0.3) is 17.5 Å². The van der Waals surface area contributed by atoms with E-state index in [1.165, 1.54) is 24.3 Å². The van der Waals surface area contributed by atoms with Gasteiger partial charge in [-0.3, -0.25) is 25.0 Å². The average Bonchev–Trinajstić information content (AvgIpc) is 2.62. The lowest BCUT2D eigenvalue weighted by Crippen LogP contribution is -2.54. The second-order valence-corrected chi connectivity index (χ2v) is 6.67. The highest BCUT2D eigenvalue weighted by molar-refractivity contribution is 6.39. The van der Waals surface area contributed by atoms with Crippen LogP contribution in [0.4, 0.5) is 16.2 Å². The SMILES string of the molecule is Cc1ccc(N2C(=O)NC(=O)/C(=C/c3ccc(Cl)c([N+](=O)[O-])c3)C2=O)cc1Cl. The number of nitrogens with zero attached hydrogens (tertiary/aromatic N) is 2. The fourth-order valence-corrected chi connectivity index (χ4v) is 2.90. The maximum absolute atomic E-state index is 12.8. The van der Waals surface area contributed by atoms with Crippen LogP contribution in [0, 0.1) is 17.0 Å². The summed E-state index contributed by atoms with van der Waals surface area (Å²) in [6.45, 7) is 1.76. The van der Waals surface area contributed by atoms with Crippen molar-refractivity contribution in [3.63, 3.8) is 0 Å². The van der Waals surface area contributed by atoms with Gasteiger partial charge in [-0.2, -0.15) is 0 Å². The quantitative estimate of drug-likeness (QED) is 0.351. The minimum Gasteiger partial charge on any atom is -0.273 e. The number of halogens is 2. The lowest BCUT2D eigenvalue weighted by molar-refractivity contribution is -0.384. The number of hydrogen-bond donors (Lipinski definition) is 1. The number of urea groups is 1. The zero-order valence-corrected chi connectivity index (χ0v) is 15.7. The molecule has 3 rings (SSSR count). The Balaban J connectivity index is 2.05. The van der Waals surface area contributed by atoms with Crippen LogP contribution in [-0.2, 0) is 9.59 Å². The molecule has 0 unspecified atom stereocenters. The first-order valence-electron chi connectivity index (χ1n) is 7.80. The standard InChI is InChI=1S/C18H11Cl2N3O5/c1-9-2-4-11(8-14(9)20)22-17(25)12(16(24)21-18(22)26)6-10-3-5-13(19)15(7-10)23(27)28/h2-8H,1H3,(H,21,24,26)/b12-6-. The molecule has 1 heterocycles. The third kappa shape index (κ3) is 3.60. The minimum atomic E-state index is -0.922. The van der Waals surface area contributed by atoms with Gasteiger partial charge in [0.1, 0.15) is 10.6 Å². The topological polar surface area (TPSA) is 110 Å². The van der Waals surface area contributed by atoms with Gasteiger partial charge in [-0.1, -0.05) is 35.3 Å². The normalized spacial score (nSPS) is 15.8. The molecule has 0 atom stereocenters. The molecule has 1 fully saturated rings. The van der Waals surface area contributed by atoms with E-state index in [9.17, 15) is 24.5 Å². The summed E-state index contributed by atoms with van der Waals surface area (Å²) in [5.41, 5.74) is 0.380. The minimum absolute atomic E-state index is 0.0855. The van der Waals surface area contributed by atoms with E-state index in [0.29, 0.717) is 5.02 Å². The Hall–Kier alpha value is -3.23. The van der Waals surface area contributed by atoms with Gasteiger partial charge < -0.3 is 0 Å². The summed E-state index contributed by atoms with van der Waals surface area (Å²) >= 11 is 11.8. The summed E-state index contributed by atoms with van der Waals surface area (Å²) in [6, 6.07) is 7.45. The lowest BCUT2D eigenvalue weighted by atomic mass is 10.1. The summed E-state index contributed by atoms with van der Waals surface area (Å²) in [6.07, 6.45) is 1.15. The molecule has 0 radical (unpaired) electrons. The number of amides is 4. The van der Waals surface area contributed by atoms with Crippen molar-refractivity contribution in [3.8, 4) is 0 Å². The van der Waals surface area contributed by atoms with Gasteiger partial charge in [0.15, 0.2) is 0 Å². The number of carbonyl (C=O) groups is 3. The van der Waals surface area contributed by atoms with Crippen LogP contribution in [0.3, 0.4) is 0 Å². The number of nitro benzene ring substituents is 1. The number of aryl methyl sites for hydroxylation is 1. The van der Waals surface area contributed by atoms with E-state index in [0.717, 1.165) is 22.6 Å². The monoisotopic (exact) mass is 419 g/mol. The van der Waals surface area contributed by atoms with Crippen molar-refractivity contribution < 1.29 is 19.3 Å². The van der Waals surface area contributed by atoms with Gasteiger partial charge in [-0.15, -0.1) is 0 Å². The summed E-state index contributed by atoms with van der Waals surface area (Å²) in [4.78, 5) is 48.3.